The van der Waals surface area contributed by atoms with E-state index in [2.05, 4.69) is 21.2 Å². The average molecular weight is 326 g/mol. The van der Waals surface area contributed by atoms with E-state index in [1.54, 1.807) is 18.2 Å². The summed E-state index contributed by atoms with van der Waals surface area (Å²) in [6.45, 7) is 1.88. The molecule has 0 saturated carbocycles. The van der Waals surface area contributed by atoms with Crippen molar-refractivity contribution >= 4 is 27.5 Å². The van der Waals surface area contributed by atoms with Crippen LogP contribution in [0.4, 0.5) is 14.5 Å². The van der Waals surface area contributed by atoms with E-state index < -0.39 is 17.5 Å². The van der Waals surface area contributed by atoms with Crippen LogP contribution in [0, 0.1) is 18.6 Å². The zero-order chi connectivity index (χ0) is 14.0. The minimum Gasteiger partial charge on any atom is -0.322 e. The Hall–Kier alpha value is -1.75. The van der Waals surface area contributed by atoms with Gasteiger partial charge in [0.25, 0.3) is 5.91 Å². The second-order valence-corrected chi connectivity index (χ2v) is 4.93. The quantitative estimate of drug-likeness (QED) is 0.876. The molecule has 0 aromatic heterocycles. The number of carbonyl (C=O) groups excluding carboxylic acids is 1. The predicted octanol–water partition coefficient (Wildman–Crippen LogP) is 4.29. The van der Waals surface area contributed by atoms with Crippen LogP contribution >= 0.6 is 15.9 Å². The van der Waals surface area contributed by atoms with Crippen molar-refractivity contribution in [2.45, 2.75) is 6.92 Å². The van der Waals surface area contributed by atoms with E-state index in [1.807, 2.05) is 6.92 Å². The number of carbonyl (C=O) groups is 1. The maximum atomic E-state index is 13.0. The van der Waals surface area contributed by atoms with Gasteiger partial charge < -0.3 is 5.32 Å². The van der Waals surface area contributed by atoms with Gasteiger partial charge in [-0.25, -0.2) is 8.78 Å². The lowest BCUT2D eigenvalue weighted by Gasteiger charge is -2.07. The van der Waals surface area contributed by atoms with Crippen LogP contribution in [0.15, 0.2) is 40.9 Å². The van der Waals surface area contributed by atoms with Crippen LogP contribution in [0.1, 0.15) is 15.9 Å². The Morgan fingerprint density at radius 2 is 1.74 bits per heavy atom. The lowest BCUT2D eigenvalue weighted by Crippen LogP contribution is -2.12. The molecule has 0 atom stereocenters. The molecule has 0 fully saturated rings. The van der Waals surface area contributed by atoms with Crippen molar-refractivity contribution in [2.24, 2.45) is 0 Å². The Morgan fingerprint density at radius 3 is 2.32 bits per heavy atom. The standard InChI is InChI=1S/C14H10BrF2NO/c1-8-4-12(2-3-13(8)15)18-14(19)9-5-10(16)7-11(17)6-9/h2-7H,1H3,(H,18,19). The molecule has 0 aliphatic heterocycles. The first-order valence-electron chi connectivity index (χ1n) is 5.49. The highest BCUT2D eigenvalue weighted by molar-refractivity contribution is 9.10. The van der Waals surface area contributed by atoms with Crippen LogP contribution in [-0.2, 0) is 0 Å². The maximum Gasteiger partial charge on any atom is 0.255 e. The van der Waals surface area contributed by atoms with Gasteiger partial charge in [0.15, 0.2) is 0 Å². The fraction of sp³-hybridized carbons (Fsp3) is 0.0714. The number of halogens is 3. The zero-order valence-corrected chi connectivity index (χ0v) is 11.6. The highest BCUT2D eigenvalue weighted by Crippen LogP contribution is 2.20. The van der Waals surface area contributed by atoms with E-state index in [4.69, 9.17) is 0 Å². The molecule has 2 nitrogen and oxygen atoms in total. The molecule has 0 bridgehead atoms. The lowest BCUT2D eigenvalue weighted by atomic mass is 10.2. The third-order valence-electron chi connectivity index (χ3n) is 2.54. The Morgan fingerprint density at radius 1 is 1.11 bits per heavy atom. The minimum absolute atomic E-state index is 0.0573. The van der Waals surface area contributed by atoms with Crippen LogP contribution < -0.4 is 5.32 Å². The molecule has 2 aromatic carbocycles. The van der Waals surface area contributed by atoms with Crippen molar-refractivity contribution in [3.05, 3.63) is 63.6 Å². The molecule has 0 radical (unpaired) electrons. The summed E-state index contributed by atoms with van der Waals surface area (Å²) in [5.41, 5.74) is 1.46. The molecule has 2 aromatic rings. The molecular formula is C14H10BrF2NO. The fourth-order valence-corrected chi connectivity index (χ4v) is 1.86. The number of hydrogen-bond acceptors (Lipinski definition) is 1. The van der Waals surface area contributed by atoms with Gasteiger partial charge >= 0.3 is 0 Å². The Labute approximate surface area is 117 Å². The van der Waals surface area contributed by atoms with Gasteiger partial charge in [0.2, 0.25) is 0 Å². The largest absolute Gasteiger partial charge is 0.322 e. The van der Waals surface area contributed by atoms with Crippen molar-refractivity contribution in [3.63, 3.8) is 0 Å². The molecule has 0 spiro atoms. The van der Waals surface area contributed by atoms with Gasteiger partial charge in [-0.15, -0.1) is 0 Å². The third-order valence-corrected chi connectivity index (χ3v) is 3.43. The first-order valence-corrected chi connectivity index (χ1v) is 6.28. The first kappa shape index (κ1) is 13.7. The highest BCUT2D eigenvalue weighted by atomic mass is 79.9. The van der Waals surface area contributed by atoms with Crippen molar-refractivity contribution in [3.8, 4) is 0 Å². The molecule has 0 aliphatic rings. The van der Waals surface area contributed by atoms with Crippen molar-refractivity contribution in [1.29, 1.82) is 0 Å². The van der Waals surface area contributed by atoms with Gasteiger partial charge in [-0.1, -0.05) is 15.9 Å². The zero-order valence-electron chi connectivity index (χ0n) is 10.0. The molecule has 98 valence electrons. The van der Waals surface area contributed by atoms with Gasteiger partial charge in [-0.3, -0.25) is 4.79 Å². The smallest absolute Gasteiger partial charge is 0.255 e. The molecule has 0 heterocycles. The van der Waals surface area contributed by atoms with Gasteiger partial charge in [-0.2, -0.15) is 0 Å². The summed E-state index contributed by atoms with van der Waals surface area (Å²) in [4.78, 5) is 11.9. The van der Waals surface area contributed by atoms with Crippen LogP contribution in [0.25, 0.3) is 0 Å². The highest BCUT2D eigenvalue weighted by Gasteiger charge is 2.10. The third kappa shape index (κ3) is 3.38. The second kappa shape index (κ2) is 5.48. The monoisotopic (exact) mass is 325 g/mol. The van der Waals surface area contributed by atoms with Gasteiger partial charge in [0.1, 0.15) is 11.6 Å². The van der Waals surface area contributed by atoms with Crippen molar-refractivity contribution in [2.75, 3.05) is 5.32 Å². The Bertz CT molecular complexity index is 623. The summed E-state index contributed by atoms with van der Waals surface area (Å²) in [5, 5.41) is 2.59. The molecule has 0 aliphatic carbocycles. The summed E-state index contributed by atoms with van der Waals surface area (Å²) >= 11 is 3.35. The summed E-state index contributed by atoms with van der Waals surface area (Å²) in [6.07, 6.45) is 0. The van der Waals surface area contributed by atoms with Crippen LogP contribution in [-0.4, -0.2) is 5.91 Å². The number of amides is 1. The van der Waals surface area contributed by atoms with Crippen LogP contribution in [0.5, 0.6) is 0 Å². The number of anilines is 1. The summed E-state index contributed by atoms with van der Waals surface area (Å²) in [5.74, 6) is -2.12. The van der Waals surface area contributed by atoms with E-state index in [1.165, 1.54) is 0 Å². The molecule has 0 saturated heterocycles. The molecule has 19 heavy (non-hydrogen) atoms. The van der Waals surface area contributed by atoms with E-state index >= 15 is 0 Å². The summed E-state index contributed by atoms with van der Waals surface area (Å²) in [7, 11) is 0. The molecule has 1 N–H and O–H groups in total. The first-order chi connectivity index (χ1) is 8.95. The topological polar surface area (TPSA) is 29.1 Å². The van der Waals surface area contributed by atoms with Crippen molar-refractivity contribution < 1.29 is 13.6 Å². The van der Waals surface area contributed by atoms with E-state index in [0.717, 1.165) is 28.2 Å². The summed E-state index contributed by atoms with van der Waals surface area (Å²) in [6, 6.07) is 7.95. The van der Waals surface area contributed by atoms with Crippen LogP contribution in [0.2, 0.25) is 0 Å². The van der Waals surface area contributed by atoms with Gasteiger partial charge in [0.05, 0.1) is 0 Å². The number of aryl methyl sites for hydroxylation is 1. The van der Waals surface area contributed by atoms with Gasteiger partial charge in [0, 0.05) is 21.8 Å². The molecular weight excluding hydrogens is 316 g/mol. The average Bonchev–Trinajstić information content (AvgIpc) is 2.32. The maximum absolute atomic E-state index is 13.0. The predicted molar refractivity (Wildman–Crippen MR) is 73.2 cm³/mol. The minimum atomic E-state index is -0.780. The number of benzene rings is 2. The second-order valence-electron chi connectivity index (χ2n) is 4.08. The Balaban J connectivity index is 2.22. The number of hydrogen-bond donors (Lipinski definition) is 1. The molecule has 2 rings (SSSR count). The number of rotatable bonds is 2. The molecule has 5 heteroatoms. The normalized spacial score (nSPS) is 10.3. The van der Waals surface area contributed by atoms with Crippen LogP contribution in [0.3, 0.4) is 0 Å². The SMILES string of the molecule is Cc1cc(NC(=O)c2cc(F)cc(F)c2)ccc1Br. The molecule has 0 unspecified atom stereocenters. The fourth-order valence-electron chi connectivity index (χ4n) is 1.61. The van der Waals surface area contributed by atoms with Gasteiger partial charge in [-0.05, 0) is 42.8 Å². The van der Waals surface area contributed by atoms with E-state index in [9.17, 15) is 13.6 Å². The number of nitrogens with one attached hydrogen (secondary N) is 1. The van der Waals surface area contributed by atoms with E-state index in [0.29, 0.717) is 5.69 Å². The lowest BCUT2D eigenvalue weighted by molar-refractivity contribution is 0.102. The summed E-state index contributed by atoms with van der Waals surface area (Å²) < 4.78 is 27.0. The van der Waals surface area contributed by atoms with E-state index in [-0.39, 0.29) is 5.56 Å². The van der Waals surface area contributed by atoms with Crippen molar-refractivity contribution in [1.82, 2.24) is 0 Å². The molecule has 1 amide bonds. The Kier molecular flexibility index (Phi) is 3.95.